The van der Waals surface area contributed by atoms with Gasteiger partial charge in [0.05, 0.1) is 7.11 Å². The van der Waals surface area contributed by atoms with Crippen LogP contribution in [0.5, 0.6) is 5.75 Å². The Morgan fingerprint density at radius 2 is 1.65 bits per heavy atom. The zero-order chi connectivity index (χ0) is 16.5. The molecule has 2 atom stereocenters. The molecule has 0 heterocycles. The zero-order valence-electron chi connectivity index (χ0n) is 14.1. The molecule has 2 aromatic rings. The van der Waals surface area contributed by atoms with E-state index in [0.29, 0.717) is 0 Å². The standard InChI is InChI=1S/C19H26N2O2/c1-20-19(23-3)13-17(15-9-5-4-6-10-15)21-14-16-11-7-8-12-18(16)22-2/h4-12,17,19-21H,13-14H2,1-3H3. The first kappa shape index (κ1) is 17.5. The number of ether oxygens (including phenoxy) is 2. The molecule has 0 aliphatic carbocycles. The summed E-state index contributed by atoms with van der Waals surface area (Å²) in [7, 11) is 5.34. The molecule has 2 unspecified atom stereocenters. The topological polar surface area (TPSA) is 42.5 Å². The van der Waals surface area contributed by atoms with Crippen LogP contribution >= 0.6 is 0 Å². The maximum absolute atomic E-state index is 5.47. The van der Waals surface area contributed by atoms with E-state index < -0.39 is 0 Å². The summed E-state index contributed by atoms with van der Waals surface area (Å²) in [5, 5.41) is 6.81. The van der Waals surface area contributed by atoms with Crippen LogP contribution in [-0.4, -0.2) is 27.5 Å². The number of hydrogen-bond acceptors (Lipinski definition) is 4. The fraction of sp³-hybridized carbons (Fsp3) is 0.368. The van der Waals surface area contributed by atoms with Crippen LogP contribution in [0.15, 0.2) is 54.6 Å². The van der Waals surface area contributed by atoms with Crippen LogP contribution in [-0.2, 0) is 11.3 Å². The van der Waals surface area contributed by atoms with E-state index in [2.05, 4.69) is 41.0 Å². The lowest BCUT2D eigenvalue weighted by atomic mass is 10.0. The van der Waals surface area contributed by atoms with Crippen LogP contribution in [0.3, 0.4) is 0 Å². The maximum atomic E-state index is 5.47. The van der Waals surface area contributed by atoms with Gasteiger partial charge in [-0.2, -0.15) is 0 Å². The molecule has 0 amide bonds. The second-order valence-electron chi connectivity index (χ2n) is 5.40. The Morgan fingerprint density at radius 3 is 2.30 bits per heavy atom. The average Bonchev–Trinajstić information content (AvgIpc) is 2.63. The van der Waals surface area contributed by atoms with Gasteiger partial charge in [-0.25, -0.2) is 0 Å². The molecule has 0 radical (unpaired) electrons. The highest BCUT2D eigenvalue weighted by Gasteiger charge is 2.17. The molecule has 0 bridgehead atoms. The van der Waals surface area contributed by atoms with E-state index in [9.17, 15) is 0 Å². The van der Waals surface area contributed by atoms with E-state index in [1.807, 2.05) is 31.3 Å². The van der Waals surface area contributed by atoms with Crippen molar-refractivity contribution < 1.29 is 9.47 Å². The van der Waals surface area contributed by atoms with Crippen LogP contribution in [0.4, 0.5) is 0 Å². The predicted octanol–water partition coefficient (Wildman–Crippen LogP) is 3.11. The van der Waals surface area contributed by atoms with Gasteiger partial charge in [-0.3, -0.25) is 5.32 Å². The van der Waals surface area contributed by atoms with Gasteiger partial charge in [0, 0.05) is 31.7 Å². The molecule has 0 aliphatic heterocycles. The van der Waals surface area contributed by atoms with Crippen molar-refractivity contribution in [3.63, 3.8) is 0 Å². The van der Waals surface area contributed by atoms with Gasteiger partial charge < -0.3 is 14.8 Å². The third kappa shape index (κ3) is 5.06. The summed E-state index contributed by atoms with van der Waals surface area (Å²) in [6, 6.07) is 18.7. The van der Waals surface area contributed by atoms with Gasteiger partial charge in [-0.15, -0.1) is 0 Å². The summed E-state index contributed by atoms with van der Waals surface area (Å²) in [6.07, 6.45) is 0.844. The molecule has 0 saturated carbocycles. The minimum atomic E-state index is 0.00498. The second-order valence-corrected chi connectivity index (χ2v) is 5.40. The summed E-state index contributed by atoms with van der Waals surface area (Å²) < 4.78 is 10.9. The highest BCUT2D eigenvalue weighted by atomic mass is 16.5. The summed E-state index contributed by atoms with van der Waals surface area (Å²) in [5.41, 5.74) is 2.40. The van der Waals surface area contributed by atoms with Crippen molar-refractivity contribution in [2.45, 2.75) is 25.2 Å². The maximum Gasteiger partial charge on any atom is 0.123 e. The largest absolute Gasteiger partial charge is 0.496 e. The third-order valence-electron chi connectivity index (χ3n) is 3.99. The second kappa shape index (κ2) is 9.30. The Kier molecular flexibility index (Phi) is 7.07. The third-order valence-corrected chi connectivity index (χ3v) is 3.99. The minimum absolute atomic E-state index is 0.00498. The Morgan fingerprint density at radius 1 is 0.957 bits per heavy atom. The van der Waals surface area contributed by atoms with Gasteiger partial charge in [-0.1, -0.05) is 48.5 Å². The average molecular weight is 314 g/mol. The molecule has 4 nitrogen and oxygen atoms in total. The molecule has 2 N–H and O–H groups in total. The smallest absolute Gasteiger partial charge is 0.123 e. The number of nitrogens with one attached hydrogen (secondary N) is 2. The first-order valence-corrected chi connectivity index (χ1v) is 7.88. The first-order chi connectivity index (χ1) is 11.3. The fourth-order valence-corrected chi connectivity index (χ4v) is 2.65. The van der Waals surface area contributed by atoms with Gasteiger partial charge in [0.15, 0.2) is 0 Å². The molecule has 124 valence electrons. The molecule has 23 heavy (non-hydrogen) atoms. The normalized spacial score (nSPS) is 13.5. The van der Waals surface area contributed by atoms with Crippen molar-refractivity contribution in [3.8, 4) is 5.75 Å². The molecule has 0 spiro atoms. The molecule has 2 rings (SSSR count). The molecule has 2 aromatic carbocycles. The zero-order valence-corrected chi connectivity index (χ0v) is 14.1. The van der Waals surface area contributed by atoms with E-state index in [1.165, 1.54) is 5.56 Å². The molecule has 4 heteroatoms. The van der Waals surface area contributed by atoms with Gasteiger partial charge in [0.1, 0.15) is 12.0 Å². The molecular weight excluding hydrogens is 288 g/mol. The number of benzene rings is 2. The van der Waals surface area contributed by atoms with Crippen molar-refractivity contribution in [3.05, 3.63) is 65.7 Å². The predicted molar refractivity (Wildman–Crippen MR) is 93.5 cm³/mol. The quantitative estimate of drug-likeness (QED) is 0.698. The van der Waals surface area contributed by atoms with Gasteiger partial charge in [-0.05, 0) is 18.7 Å². The van der Waals surface area contributed by atoms with Crippen LogP contribution in [0, 0.1) is 0 Å². The molecule has 0 fully saturated rings. The SMILES string of the molecule is CNC(CC(NCc1ccccc1OC)c1ccccc1)OC. The lowest BCUT2D eigenvalue weighted by Gasteiger charge is -2.24. The summed E-state index contributed by atoms with van der Waals surface area (Å²) in [6.45, 7) is 0.740. The number of hydrogen-bond donors (Lipinski definition) is 2. The van der Waals surface area contributed by atoms with Gasteiger partial charge >= 0.3 is 0 Å². The van der Waals surface area contributed by atoms with Crippen LogP contribution in [0.1, 0.15) is 23.6 Å². The number of rotatable bonds is 9. The van der Waals surface area contributed by atoms with Crippen LogP contribution in [0.2, 0.25) is 0 Å². The number of para-hydroxylation sites is 1. The molecule has 0 saturated heterocycles. The molecular formula is C19H26N2O2. The fourth-order valence-electron chi connectivity index (χ4n) is 2.65. The van der Waals surface area contributed by atoms with Crippen LogP contribution in [0.25, 0.3) is 0 Å². The van der Waals surface area contributed by atoms with Crippen molar-refractivity contribution in [1.29, 1.82) is 0 Å². The lowest BCUT2D eigenvalue weighted by Crippen LogP contribution is -2.33. The molecule has 0 aromatic heterocycles. The molecule has 0 aliphatic rings. The Bertz CT molecular complexity index is 571. The summed E-state index contributed by atoms with van der Waals surface area (Å²) in [5.74, 6) is 0.906. The van der Waals surface area contributed by atoms with Gasteiger partial charge in [0.25, 0.3) is 0 Å². The van der Waals surface area contributed by atoms with Crippen molar-refractivity contribution in [1.82, 2.24) is 10.6 Å². The Labute approximate surface area is 138 Å². The van der Waals surface area contributed by atoms with Crippen molar-refractivity contribution in [2.75, 3.05) is 21.3 Å². The van der Waals surface area contributed by atoms with E-state index >= 15 is 0 Å². The first-order valence-electron chi connectivity index (χ1n) is 7.88. The van der Waals surface area contributed by atoms with Crippen molar-refractivity contribution >= 4 is 0 Å². The highest BCUT2D eigenvalue weighted by Crippen LogP contribution is 2.22. The van der Waals surface area contributed by atoms with E-state index in [0.717, 1.165) is 24.3 Å². The summed E-state index contributed by atoms with van der Waals surface area (Å²) >= 11 is 0. The van der Waals surface area contributed by atoms with E-state index in [-0.39, 0.29) is 12.3 Å². The minimum Gasteiger partial charge on any atom is -0.496 e. The summed E-state index contributed by atoms with van der Waals surface area (Å²) in [4.78, 5) is 0. The van der Waals surface area contributed by atoms with E-state index in [4.69, 9.17) is 9.47 Å². The van der Waals surface area contributed by atoms with Crippen LogP contribution < -0.4 is 15.4 Å². The number of methoxy groups -OCH3 is 2. The monoisotopic (exact) mass is 314 g/mol. The van der Waals surface area contributed by atoms with Gasteiger partial charge in [0.2, 0.25) is 0 Å². The van der Waals surface area contributed by atoms with Crippen molar-refractivity contribution in [2.24, 2.45) is 0 Å². The lowest BCUT2D eigenvalue weighted by molar-refractivity contribution is 0.0640. The Balaban J connectivity index is 2.11. The van der Waals surface area contributed by atoms with E-state index in [1.54, 1.807) is 14.2 Å². The Hall–Kier alpha value is -1.88. The highest BCUT2D eigenvalue weighted by molar-refractivity contribution is 5.33.